The highest BCUT2D eigenvalue weighted by molar-refractivity contribution is 7.14. The van der Waals surface area contributed by atoms with E-state index < -0.39 is 0 Å². The second-order valence-corrected chi connectivity index (χ2v) is 6.52. The van der Waals surface area contributed by atoms with Crippen LogP contribution in [-0.4, -0.2) is 18.0 Å². The van der Waals surface area contributed by atoms with Crippen molar-refractivity contribution in [3.63, 3.8) is 0 Å². The third kappa shape index (κ3) is 4.16. The van der Waals surface area contributed by atoms with E-state index in [2.05, 4.69) is 28.6 Å². The maximum atomic E-state index is 12.3. The topological polar surface area (TPSA) is 63.2 Å². The molecule has 1 aromatic heterocycles. The minimum absolute atomic E-state index is 0.241. The summed E-state index contributed by atoms with van der Waals surface area (Å²) in [5.41, 5.74) is 4.42. The molecule has 25 heavy (non-hydrogen) atoms. The van der Waals surface area contributed by atoms with E-state index in [4.69, 9.17) is 4.74 Å². The van der Waals surface area contributed by atoms with E-state index >= 15 is 0 Å². The molecule has 0 radical (unpaired) electrons. The number of aromatic nitrogens is 1. The minimum Gasteiger partial charge on any atom is -0.497 e. The molecule has 0 atom stereocenters. The van der Waals surface area contributed by atoms with Crippen LogP contribution in [0.4, 0.5) is 16.5 Å². The highest BCUT2D eigenvalue weighted by Gasteiger charge is 2.12. The molecule has 5 nitrogen and oxygen atoms in total. The van der Waals surface area contributed by atoms with Gasteiger partial charge < -0.3 is 15.4 Å². The smallest absolute Gasteiger partial charge is 0.275 e. The van der Waals surface area contributed by atoms with Crippen LogP contribution in [0.1, 0.15) is 21.6 Å². The van der Waals surface area contributed by atoms with Crippen molar-refractivity contribution in [3.05, 3.63) is 64.7 Å². The molecule has 0 bridgehead atoms. The molecule has 6 heteroatoms. The summed E-state index contributed by atoms with van der Waals surface area (Å²) in [5.74, 6) is 0.502. The van der Waals surface area contributed by atoms with Gasteiger partial charge in [-0.25, -0.2) is 4.98 Å². The summed E-state index contributed by atoms with van der Waals surface area (Å²) in [6.07, 6.45) is 0. The highest BCUT2D eigenvalue weighted by atomic mass is 32.1. The standard InChI is InChI=1S/C19H19N3O2S/c1-12-4-9-16(13(2)10-12)21-19-22-17(11-25-19)18(23)20-14-5-7-15(24-3)8-6-14/h4-11H,1-3H3,(H,20,23)(H,21,22). The lowest BCUT2D eigenvalue weighted by atomic mass is 10.1. The molecule has 3 aromatic rings. The lowest BCUT2D eigenvalue weighted by Gasteiger charge is -2.07. The van der Waals surface area contributed by atoms with Crippen molar-refractivity contribution in [1.29, 1.82) is 0 Å². The first-order valence-electron chi connectivity index (χ1n) is 7.80. The molecule has 0 saturated carbocycles. The van der Waals surface area contributed by atoms with E-state index in [9.17, 15) is 4.79 Å². The molecule has 0 fully saturated rings. The van der Waals surface area contributed by atoms with Crippen LogP contribution in [0.2, 0.25) is 0 Å². The van der Waals surface area contributed by atoms with Gasteiger partial charge in [-0.1, -0.05) is 17.7 Å². The van der Waals surface area contributed by atoms with Crippen molar-refractivity contribution in [2.45, 2.75) is 13.8 Å². The van der Waals surface area contributed by atoms with Gasteiger partial charge in [-0.05, 0) is 49.7 Å². The van der Waals surface area contributed by atoms with Gasteiger partial charge in [0.05, 0.1) is 7.11 Å². The number of amides is 1. The molecule has 1 heterocycles. The van der Waals surface area contributed by atoms with Crippen LogP contribution in [0.5, 0.6) is 5.75 Å². The van der Waals surface area contributed by atoms with Gasteiger partial charge in [0.25, 0.3) is 5.91 Å². The van der Waals surface area contributed by atoms with Crippen LogP contribution in [0, 0.1) is 13.8 Å². The molecule has 0 spiro atoms. The Bertz CT molecular complexity index is 888. The molecular formula is C19H19N3O2S. The highest BCUT2D eigenvalue weighted by Crippen LogP contribution is 2.25. The number of rotatable bonds is 5. The Morgan fingerprint density at radius 3 is 2.56 bits per heavy atom. The number of methoxy groups -OCH3 is 1. The number of aryl methyl sites for hydroxylation is 2. The van der Waals surface area contributed by atoms with Gasteiger partial charge >= 0.3 is 0 Å². The van der Waals surface area contributed by atoms with Gasteiger partial charge in [-0.15, -0.1) is 11.3 Å². The third-order valence-electron chi connectivity index (χ3n) is 3.71. The molecular weight excluding hydrogens is 334 g/mol. The normalized spacial score (nSPS) is 10.4. The van der Waals surface area contributed by atoms with Crippen LogP contribution in [0.25, 0.3) is 0 Å². The van der Waals surface area contributed by atoms with Gasteiger partial charge in [0.2, 0.25) is 0 Å². The fourth-order valence-electron chi connectivity index (χ4n) is 2.37. The number of hydrogen-bond acceptors (Lipinski definition) is 5. The quantitative estimate of drug-likeness (QED) is 0.694. The van der Waals surface area contributed by atoms with Gasteiger partial charge in [-0.3, -0.25) is 4.79 Å². The Morgan fingerprint density at radius 2 is 1.88 bits per heavy atom. The molecule has 0 aliphatic carbocycles. The Labute approximate surface area is 150 Å². The van der Waals surface area contributed by atoms with E-state index in [1.807, 2.05) is 19.1 Å². The lowest BCUT2D eigenvalue weighted by molar-refractivity contribution is 0.102. The maximum Gasteiger partial charge on any atom is 0.275 e. The van der Waals surface area contributed by atoms with Gasteiger partial charge in [0, 0.05) is 16.8 Å². The van der Waals surface area contributed by atoms with Crippen LogP contribution in [0.15, 0.2) is 47.8 Å². The summed E-state index contributed by atoms with van der Waals surface area (Å²) in [5, 5.41) is 8.52. The van der Waals surface area contributed by atoms with Crippen LogP contribution < -0.4 is 15.4 Å². The summed E-state index contributed by atoms with van der Waals surface area (Å²) in [6.45, 7) is 4.10. The zero-order valence-corrected chi connectivity index (χ0v) is 15.1. The van der Waals surface area contributed by atoms with E-state index in [0.717, 1.165) is 17.0 Å². The number of nitrogens with one attached hydrogen (secondary N) is 2. The van der Waals surface area contributed by atoms with Crippen molar-refractivity contribution in [1.82, 2.24) is 4.98 Å². The molecule has 3 rings (SSSR count). The summed E-state index contributed by atoms with van der Waals surface area (Å²) < 4.78 is 5.10. The summed E-state index contributed by atoms with van der Waals surface area (Å²) in [4.78, 5) is 16.7. The molecule has 2 N–H and O–H groups in total. The van der Waals surface area contributed by atoms with Crippen LogP contribution in [-0.2, 0) is 0 Å². The van der Waals surface area contributed by atoms with Crippen LogP contribution >= 0.6 is 11.3 Å². The number of benzene rings is 2. The Kier molecular flexibility index (Phi) is 5.00. The predicted molar refractivity (Wildman–Crippen MR) is 102 cm³/mol. The number of hydrogen-bond donors (Lipinski definition) is 2. The SMILES string of the molecule is COc1ccc(NC(=O)c2csc(Nc3ccc(C)cc3C)n2)cc1. The summed E-state index contributed by atoms with van der Waals surface area (Å²) in [6, 6.07) is 13.3. The molecule has 1 amide bonds. The molecule has 2 aromatic carbocycles. The number of ether oxygens (including phenoxy) is 1. The molecule has 0 aliphatic heterocycles. The first-order valence-corrected chi connectivity index (χ1v) is 8.68. The van der Waals surface area contributed by atoms with Crippen molar-refractivity contribution in [2.24, 2.45) is 0 Å². The molecule has 0 aliphatic rings. The lowest BCUT2D eigenvalue weighted by Crippen LogP contribution is -2.12. The zero-order chi connectivity index (χ0) is 17.8. The second-order valence-electron chi connectivity index (χ2n) is 5.66. The Morgan fingerprint density at radius 1 is 1.12 bits per heavy atom. The average molecular weight is 353 g/mol. The first-order chi connectivity index (χ1) is 12.0. The zero-order valence-electron chi connectivity index (χ0n) is 14.3. The van der Waals surface area contributed by atoms with E-state index in [0.29, 0.717) is 16.5 Å². The largest absolute Gasteiger partial charge is 0.497 e. The fourth-order valence-corrected chi connectivity index (χ4v) is 3.08. The molecule has 128 valence electrons. The van der Waals surface area contributed by atoms with E-state index in [-0.39, 0.29) is 5.91 Å². The third-order valence-corrected chi connectivity index (χ3v) is 4.47. The molecule has 0 unspecified atom stereocenters. The number of thiazole rings is 1. The summed E-state index contributed by atoms with van der Waals surface area (Å²) in [7, 11) is 1.60. The van der Waals surface area contributed by atoms with E-state index in [1.54, 1.807) is 36.8 Å². The van der Waals surface area contributed by atoms with Crippen molar-refractivity contribution in [3.8, 4) is 5.75 Å². The van der Waals surface area contributed by atoms with Crippen molar-refractivity contribution < 1.29 is 9.53 Å². The van der Waals surface area contributed by atoms with Gasteiger partial charge in [0.1, 0.15) is 11.4 Å². The number of nitrogens with zero attached hydrogens (tertiary/aromatic N) is 1. The average Bonchev–Trinajstić information content (AvgIpc) is 3.07. The fraction of sp³-hybridized carbons (Fsp3) is 0.158. The maximum absolute atomic E-state index is 12.3. The van der Waals surface area contributed by atoms with Gasteiger partial charge in [-0.2, -0.15) is 0 Å². The molecule has 0 saturated heterocycles. The van der Waals surface area contributed by atoms with Crippen LogP contribution in [0.3, 0.4) is 0 Å². The Balaban J connectivity index is 1.68. The van der Waals surface area contributed by atoms with E-state index in [1.165, 1.54) is 16.9 Å². The Hall–Kier alpha value is -2.86. The first kappa shape index (κ1) is 17.0. The monoisotopic (exact) mass is 353 g/mol. The second kappa shape index (κ2) is 7.36. The number of carbonyl (C=O) groups excluding carboxylic acids is 1. The summed E-state index contributed by atoms with van der Waals surface area (Å²) >= 11 is 1.40. The number of carbonyl (C=O) groups is 1. The van der Waals surface area contributed by atoms with Crippen molar-refractivity contribution in [2.75, 3.05) is 17.7 Å². The number of anilines is 3. The van der Waals surface area contributed by atoms with Gasteiger partial charge in [0.15, 0.2) is 5.13 Å². The predicted octanol–water partition coefficient (Wildman–Crippen LogP) is 4.76. The van der Waals surface area contributed by atoms with Crippen molar-refractivity contribution >= 4 is 33.8 Å². The minimum atomic E-state index is -0.241.